The molecule has 0 unspecified atom stereocenters. The van der Waals surface area contributed by atoms with Gasteiger partial charge in [-0.1, -0.05) is 41.7 Å². The molecule has 25 heavy (non-hydrogen) atoms. The van der Waals surface area contributed by atoms with Crippen LogP contribution in [-0.2, 0) is 9.53 Å². The lowest BCUT2D eigenvalue weighted by molar-refractivity contribution is -0.117. The number of amides is 1. The van der Waals surface area contributed by atoms with Gasteiger partial charge in [0.1, 0.15) is 5.01 Å². The highest BCUT2D eigenvalue weighted by molar-refractivity contribution is 7.15. The molecule has 0 bridgehead atoms. The summed E-state index contributed by atoms with van der Waals surface area (Å²) in [5, 5.41) is 12.8. The predicted octanol–water partition coefficient (Wildman–Crippen LogP) is 2.82. The van der Waals surface area contributed by atoms with Crippen LogP contribution >= 0.6 is 11.3 Å². The van der Waals surface area contributed by atoms with Gasteiger partial charge in [0.25, 0.3) is 0 Å². The molecule has 1 aliphatic heterocycles. The van der Waals surface area contributed by atoms with E-state index < -0.39 is 0 Å². The van der Waals surface area contributed by atoms with E-state index in [4.69, 9.17) is 4.74 Å². The van der Waals surface area contributed by atoms with E-state index in [-0.39, 0.29) is 12.0 Å². The Balaban J connectivity index is 1.25. The van der Waals surface area contributed by atoms with E-state index in [0.29, 0.717) is 24.1 Å². The Morgan fingerprint density at radius 1 is 1.28 bits per heavy atom. The minimum absolute atomic E-state index is 0.00116. The monoisotopic (exact) mass is 358 g/mol. The van der Waals surface area contributed by atoms with Gasteiger partial charge in [0.2, 0.25) is 11.0 Å². The van der Waals surface area contributed by atoms with Gasteiger partial charge in [0.15, 0.2) is 0 Å². The summed E-state index contributed by atoms with van der Waals surface area (Å²) in [7, 11) is 0. The minimum atomic E-state index is 0.00116. The number of aromatic nitrogens is 2. The standard InChI is InChI=1S/C18H22N4O2S/c23-16(19-18-21-20-17(25-18)14-6-7-14)8-9-22-10-11-24-15(12-22)13-4-2-1-3-5-13/h1-5,14-15H,6-12H2,(H,19,21,23)/t15-/m0/s1. The van der Waals surface area contributed by atoms with Crippen LogP contribution in [-0.4, -0.2) is 47.2 Å². The van der Waals surface area contributed by atoms with Crippen molar-refractivity contribution in [3.8, 4) is 0 Å². The maximum atomic E-state index is 12.2. The van der Waals surface area contributed by atoms with Gasteiger partial charge in [-0.25, -0.2) is 0 Å². The highest BCUT2D eigenvalue weighted by Crippen LogP contribution is 2.42. The number of nitrogens with zero attached hydrogens (tertiary/aromatic N) is 3. The van der Waals surface area contributed by atoms with Crippen LogP contribution in [0.15, 0.2) is 30.3 Å². The molecule has 7 heteroatoms. The summed E-state index contributed by atoms with van der Waals surface area (Å²) in [4.78, 5) is 14.5. The number of ether oxygens (including phenoxy) is 1. The number of anilines is 1. The summed E-state index contributed by atoms with van der Waals surface area (Å²) >= 11 is 1.50. The number of benzene rings is 1. The third-order valence-electron chi connectivity index (χ3n) is 4.59. The van der Waals surface area contributed by atoms with E-state index in [0.717, 1.165) is 24.6 Å². The first-order valence-electron chi connectivity index (χ1n) is 8.80. The van der Waals surface area contributed by atoms with Crippen LogP contribution in [0.1, 0.15) is 41.9 Å². The fraction of sp³-hybridized carbons (Fsp3) is 0.500. The molecule has 1 amide bonds. The van der Waals surface area contributed by atoms with Crippen LogP contribution < -0.4 is 5.32 Å². The van der Waals surface area contributed by atoms with E-state index in [1.165, 1.54) is 29.7 Å². The lowest BCUT2D eigenvalue weighted by Gasteiger charge is -2.33. The van der Waals surface area contributed by atoms with Gasteiger partial charge >= 0.3 is 0 Å². The zero-order chi connectivity index (χ0) is 17.1. The summed E-state index contributed by atoms with van der Waals surface area (Å²) in [6.07, 6.45) is 2.94. The Morgan fingerprint density at radius 2 is 2.12 bits per heavy atom. The number of carbonyl (C=O) groups is 1. The maximum Gasteiger partial charge on any atom is 0.227 e. The van der Waals surface area contributed by atoms with Gasteiger partial charge in [0.05, 0.1) is 12.7 Å². The summed E-state index contributed by atoms with van der Waals surface area (Å²) < 4.78 is 5.87. The molecule has 1 N–H and O–H groups in total. The van der Waals surface area contributed by atoms with E-state index in [9.17, 15) is 4.79 Å². The van der Waals surface area contributed by atoms with Crippen LogP contribution in [0.4, 0.5) is 5.13 Å². The quantitative estimate of drug-likeness (QED) is 0.860. The molecule has 6 nitrogen and oxygen atoms in total. The number of rotatable bonds is 6. The highest BCUT2D eigenvalue weighted by atomic mass is 32.1. The largest absolute Gasteiger partial charge is 0.371 e. The first-order valence-corrected chi connectivity index (χ1v) is 9.62. The predicted molar refractivity (Wildman–Crippen MR) is 96.7 cm³/mol. The van der Waals surface area contributed by atoms with Crippen molar-refractivity contribution >= 4 is 22.4 Å². The van der Waals surface area contributed by atoms with Crippen LogP contribution in [0.5, 0.6) is 0 Å². The van der Waals surface area contributed by atoms with Crippen molar-refractivity contribution in [2.75, 3.05) is 31.6 Å². The van der Waals surface area contributed by atoms with Crippen molar-refractivity contribution in [3.63, 3.8) is 0 Å². The number of nitrogens with one attached hydrogen (secondary N) is 1. The zero-order valence-corrected chi connectivity index (χ0v) is 14.9. The van der Waals surface area contributed by atoms with Crippen molar-refractivity contribution in [3.05, 3.63) is 40.9 Å². The van der Waals surface area contributed by atoms with Crippen molar-refractivity contribution in [2.24, 2.45) is 0 Å². The molecule has 2 aliphatic rings. The smallest absolute Gasteiger partial charge is 0.227 e. The summed E-state index contributed by atoms with van der Waals surface area (Å²) in [5.74, 6) is 0.577. The highest BCUT2D eigenvalue weighted by Gasteiger charge is 2.28. The fourth-order valence-electron chi connectivity index (χ4n) is 3.00. The average Bonchev–Trinajstić information content (AvgIpc) is 3.41. The topological polar surface area (TPSA) is 67.3 Å². The first kappa shape index (κ1) is 16.6. The van der Waals surface area contributed by atoms with E-state index in [2.05, 4.69) is 32.5 Å². The second-order valence-electron chi connectivity index (χ2n) is 6.59. The van der Waals surface area contributed by atoms with Crippen LogP contribution in [0.25, 0.3) is 0 Å². The number of hydrogen-bond donors (Lipinski definition) is 1. The molecule has 2 aromatic rings. The Morgan fingerprint density at radius 3 is 2.92 bits per heavy atom. The molecule has 1 saturated heterocycles. The summed E-state index contributed by atoms with van der Waals surface area (Å²) in [6.45, 7) is 3.11. The number of morpholine rings is 1. The molecular formula is C18H22N4O2S. The van der Waals surface area contributed by atoms with E-state index in [1.807, 2.05) is 18.2 Å². The van der Waals surface area contributed by atoms with Crippen LogP contribution in [0.2, 0.25) is 0 Å². The molecule has 0 radical (unpaired) electrons. The normalized spacial score (nSPS) is 21.2. The van der Waals surface area contributed by atoms with Crippen molar-refractivity contribution in [1.82, 2.24) is 15.1 Å². The molecular weight excluding hydrogens is 336 g/mol. The molecule has 1 saturated carbocycles. The summed E-state index contributed by atoms with van der Waals surface area (Å²) in [5.41, 5.74) is 1.19. The Hall–Kier alpha value is -1.83. The van der Waals surface area contributed by atoms with Gasteiger partial charge in [-0.3, -0.25) is 9.69 Å². The molecule has 0 spiro atoms. The second-order valence-corrected chi connectivity index (χ2v) is 7.60. The lowest BCUT2D eigenvalue weighted by Crippen LogP contribution is -2.39. The molecule has 132 valence electrons. The fourth-order valence-corrected chi connectivity index (χ4v) is 3.93. The van der Waals surface area contributed by atoms with Gasteiger partial charge < -0.3 is 10.1 Å². The van der Waals surface area contributed by atoms with Crippen LogP contribution in [0, 0.1) is 0 Å². The SMILES string of the molecule is O=C(CCN1CCO[C@H](c2ccccc2)C1)Nc1nnc(C2CC2)s1. The van der Waals surface area contributed by atoms with Gasteiger partial charge in [-0.05, 0) is 18.4 Å². The lowest BCUT2D eigenvalue weighted by atomic mass is 10.1. The van der Waals surface area contributed by atoms with E-state index in [1.54, 1.807) is 0 Å². The second kappa shape index (κ2) is 7.59. The third-order valence-corrected chi connectivity index (χ3v) is 5.59. The number of carbonyl (C=O) groups excluding carboxylic acids is 1. The molecule has 1 atom stereocenters. The van der Waals surface area contributed by atoms with Gasteiger partial charge in [0, 0.05) is 32.0 Å². The Bertz CT molecular complexity index is 717. The molecule has 2 heterocycles. The third kappa shape index (κ3) is 4.42. The Kier molecular flexibility index (Phi) is 5.05. The number of hydrogen-bond acceptors (Lipinski definition) is 6. The first-order chi connectivity index (χ1) is 12.3. The molecule has 2 fully saturated rings. The molecule has 1 aromatic heterocycles. The molecule has 4 rings (SSSR count). The van der Waals surface area contributed by atoms with Crippen LogP contribution in [0.3, 0.4) is 0 Å². The average molecular weight is 358 g/mol. The van der Waals surface area contributed by atoms with Crippen molar-refractivity contribution < 1.29 is 9.53 Å². The maximum absolute atomic E-state index is 12.2. The Labute approximate surface area is 151 Å². The minimum Gasteiger partial charge on any atom is -0.371 e. The molecule has 1 aromatic carbocycles. The van der Waals surface area contributed by atoms with Crippen molar-refractivity contribution in [2.45, 2.75) is 31.3 Å². The van der Waals surface area contributed by atoms with Gasteiger partial charge in [-0.15, -0.1) is 10.2 Å². The molecule has 1 aliphatic carbocycles. The van der Waals surface area contributed by atoms with Crippen molar-refractivity contribution in [1.29, 1.82) is 0 Å². The van der Waals surface area contributed by atoms with Gasteiger partial charge in [-0.2, -0.15) is 0 Å². The summed E-state index contributed by atoms with van der Waals surface area (Å²) in [6, 6.07) is 10.3. The van der Waals surface area contributed by atoms with E-state index >= 15 is 0 Å². The zero-order valence-electron chi connectivity index (χ0n) is 14.1.